The summed E-state index contributed by atoms with van der Waals surface area (Å²) < 4.78 is 5.09. The number of rotatable bonds is 7. The van der Waals surface area contributed by atoms with E-state index in [1.54, 1.807) is 23.6 Å². The Morgan fingerprint density at radius 3 is 2.79 bits per heavy atom. The van der Waals surface area contributed by atoms with Crippen LogP contribution in [0.5, 0.6) is 0 Å². The lowest BCUT2D eigenvalue weighted by molar-refractivity contribution is -0.152. The van der Waals surface area contributed by atoms with E-state index < -0.39 is 29.9 Å². The summed E-state index contributed by atoms with van der Waals surface area (Å²) in [7, 11) is 0. The summed E-state index contributed by atoms with van der Waals surface area (Å²) in [6.07, 6.45) is 2.00. The minimum absolute atomic E-state index is 0.0475. The van der Waals surface area contributed by atoms with Gasteiger partial charge in [-0.3, -0.25) is 14.4 Å². The molecule has 0 unspecified atom stereocenters. The van der Waals surface area contributed by atoms with Gasteiger partial charge in [0.2, 0.25) is 5.91 Å². The van der Waals surface area contributed by atoms with Crippen LogP contribution >= 0.6 is 11.8 Å². The number of nitrogens with one attached hydrogen (secondary N) is 1. The first-order chi connectivity index (χ1) is 13.2. The molecule has 28 heavy (non-hydrogen) atoms. The second kappa shape index (κ2) is 9.11. The second-order valence-corrected chi connectivity index (χ2v) is 8.11. The molecule has 1 aliphatic rings. The summed E-state index contributed by atoms with van der Waals surface area (Å²) in [6, 6.07) is 9.61. The first-order valence-corrected chi connectivity index (χ1v) is 10.3. The van der Waals surface area contributed by atoms with Crippen molar-refractivity contribution in [3.8, 4) is 6.07 Å². The van der Waals surface area contributed by atoms with Crippen LogP contribution in [0.4, 0.5) is 5.69 Å². The van der Waals surface area contributed by atoms with E-state index in [0.717, 1.165) is 10.6 Å². The van der Waals surface area contributed by atoms with E-state index in [9.17, 15) is 19.6 Å². The summed E-state index contributed by atoms with van der Waals surface area (Å²) in [4.78, 5) is 39.3. The summed E-state index contributed by atoms with van der Waals surface area (Å²) >= 11 is 1.57. The first-order valence-electron chi connectivity index (χ1n) is 9.03. The van der Waals surface area contributed by atoms with Gasteiger partial charge in [0.1, 0.15) is 5.54 Å². The standard InChI is InChI=1S/C20H25N3O4S/c1-13(2)20(3,12-21)22-17(24)11-27-19(26)14-8-18(25)23(10-14)15-6-5-7-16(9-15)28-4/h5-7,9,13-14H,8,10-11H2,1-4H3,(H,22,24)/t14-,20-/m0/s1. The fourth-order valence-corrected chi connectivity index (χ4v) is 3.23. The van der Waals surface area contributed by atoms with Gasteiger partial charge in [0.15, 0.2) is 6.61 Å². The van der Waals surface area contributed by atoms with Crippen molar-refractivity contribution in [3.05, 3.63) is 24.3 Å². The quantitative estimate of drug-likeness (QED) is 0.554. The Morgan fingerprint density at radius 1 is 1.46 bits per heavy atom. The van der Waals surface area contributed by atoms with Gasteiger partial charge < -0.3 is 15.0 Å². The molecule has 1 N–H and O–H groups in total. The molecule has 1 heterocycles. The molecule has 0 aromatic heterocycles. The van der Waals surface area contributed by atoms with Crippen molar-refractivity contribution >= 4 is 35.2 Å². The molecule has 2 atom stereocenters. The number of hydrogen-bond acceptors (Lipinski definition) is 6. The van der Waals surface area contributed by atoms with Crippen molar-refractivity contribution in [2.24, 2.45) is 11.8 Å². The van der Waals surface area contributed by atoms with E-state index in [-0.39, 0.29) is 24.8 Å². The van der Waals surface area contributed by atoms with Gasteiger partial charge in [-0.25, -0.2) is 0 Å². The minimum Gasteiger partial charge on any atom is -0.455 e. The second-order valence-electron chi connectivity index (χ2n) is 7.23. The largest absolute Gasteiger partial charge is 0.455 e. The van der Waals surface area contributed by atoms with Crippen LogP contribution in [-0.4, -0.2) is 42.7 Å². The van der Waals surface area contributed by atoms with Crippen molar-refractivity contribution in [1.29, 1.82) is 5.26 Å². The molecule has 150 valence electrons. The Kier molecular flexibility index (Phi) is 7.08. The fourth-order valence-electron chi connectivity index (χ4n) is 2.78. The Bertz CT molecular complexity index is 805. The summed E-state index contributed by atoms with van der Waals surface area (Å²) in [5.74, 6) is -2.00. The van der Waals surface area contributed by atoms with E-state index in [1.807, 2.05) is 44.4 Å². The van der Waals surface area contributed by atoms with Crippen LogP contribution < -0.4 is 10.2 Å². The van der Waals surface area contributed by atoms with Crippen molar-refractivity contribution in [3.63, 3.8) is 0 Å². The lowest BCUT2D eigenvalue weighted by atomic mass is 9.90. The maximum atomic E-state index is 12.3. The zero-order chi connectivity index (χ0) is 20.9. The maximum absolute atomic E-state index is 12.3. The van der Waals surface area contributed by atoms with Crippen LogP contribution in [0.15, 0.2) is 29.2 Å². The molecule has 2 amide bonds. The van der Waals surface area contributed by atoms with E-state index in [0.29, 0.717) is 0 Å². The molecule has 1 fully saturated rings. The van der Waals surface area contributed by atoms with Gasteiger partial charge in [-0.15, -0.1) is 11.8 Å². The number of carbonyl (C=O) groups excluding carboxylic acids is 3. The van der Waals surface area contributed by atoms with Crippen LogP contribution in [0.25, 0.3) is 0 Å². The van der Waals surface area contributed by atoms with Gasteiger partial charge in [0, 0.05) is 23.5 Å². The lowest BCUT2D eigenvalue weighted by Crippen LogP contribution is -2.50. The number of anilines is 1. The predicted octanol–water partition coefficient (Wildman–Crippen LogP) is 2.36. The predicted molar refractivity (Wildman–Crippen MR) is 107 cm³/mol. The molecule has 0 aliphatic carbocycles. The van der Waals surface area contributed by atoms with E-state index in [4.69, 9.17) is 4.74 Å². The number of ether oxygens (including phenoxy) is 1. The number of esters is 1. The fraction of sp³-hybridized carbons (Fsp3) is 0.500. The van der Waals surface area contributed by atoms with Crippen LogP contribution in [0, 0.1) is 23.2 Å². The number of amides is 2. The van der Waals surface area contributed by atoms with Gasteiger partial charge >= 0.3 is 5.97 Å². The summed E-state index contributed by atoms with van der Waals surface area (Å²) in [6.45, 7) is 5.00. The highest BCUT2D eigenvalue weighted by atomic mass is 32.2. The highest BCUT2D eigenvalue weighted by Crippen LogP contribution is 2.28. The number of nitriles is 1. The zero-order valence-corrected chi connectivity index (χ0v) is 17.3. The molecule has 0 spiro atoms. The first kappa shape index (κ1) is 21.8. The molecule has 0 radical (unpaired) electrons. The van der Waals surface area contributed by atoms with E-state index in [2.05, 4.69) is 11.4 Å². The molecule has 7 nitrogen and oxygen atoms in total. The molecule has 8 heteroatoms. The molecule has 0 bridgehead atoms. The monoisotopic (exact) mass is 403 g/mol. The number of thioether (sulfide) groups is 1. The average molecular weight is 404 g/mol. The Balaban J connectivity index is 1.92. The van der Waals surface area contributed by atoms with Crippen molar-refractivity contribution in [1.82, 2.24) is 5.32 Å². The van der Waals surface area contributed by atoms with Gasteiger partial charge in [-0.05, 0) is 37.3 Å². The Morgan fingerprint density at radius 2 is 2.18 bits per heavy atom. The van der Waals surface area contributed by atoms with E-state index in [1.165, 1.54) is 0 Å². The van der Waals surface area contributed by atoms with Crippen molar-refractivity contribution in [2.45, 2.75) is 37.6 Å². The third kappa shape index (κ3) is 5.04. The smallest absolute Gasteiger partial charge is 0.311 e. The maximum Gasteiger partial charge on any atom is 0.311 e. The minimum atomic E-state index is -1.04. The van der Waals surface area contributed by atoms with Crippen LogP contribution in [0.2, 0.25) is 0 Å². The Labute approximate surface area is 169 Å². The average Bonchev–Trinajstić information content (AvgIpc) is 3.07. The van der Waals surface area contributed by atoms with Crippen molar-refractivity contribution in [2.75, 3.05) is 24.3 Å². The number of carbonyl (C=O) groups is 3. The summed E-state index contributed by atoms with van der Waals surface area (Å²) in [5.41, 5.74) is -0.294. The van der Waals surface area contributed by atoms with Crippen LogP contribution in [0.3, 0.4) is 0 Å². The highest BCUT2D eigenvalue weighted by molar-refractivity contribution is 7.98. The molecule has 1 aromatic rings. The molecular weight excluding hydrogens is 378 g/mol. The number of benzene rings is 1. The van der Waals surface area contributed by atoms with Crippen molar-refractivity contribution < 1.29 is 19.1 Å². The molecule has 1 aliphatic heterocycles. The van der Waals surface area contributed by atoms with Gasteiger partial charge in [-0.2, -0.15) is 5.26 Å². The number of hydrogen-bond donors (Lipinski definition) is 1. The highest BCUT2D eigenvalue weighted by Gasteiger charge is 2.37. The Hall–Kier alpha value is -2.53. The van der Waals surface area contributed by atoms with E-state index >= 15 is 0 Å². The van der Waals surface area contributed by atoms with Crippen LogP contribution in [-0.2, 0) is 19.1 Å². The molecule has 1 aromatic carbocycles. The third-order valence-electron chi connectivity index (χ3n) is 4.95. The molecule has 1 saturated heterocycles. The van der Waals surface area contributed by atoms with Gasteiger partial charge in [-0.1, -0.05) is 19.9 Å². The molecule has 2 rings (SSSR count). The van der Waals surface area contributed by atoms with Gasteiger partial charge in [0.05, 0.1) is 12.0 Å². The summed E-state index contributed by atoms with van der Waals surface area (Å²) in [5, 5.41) is 11.8. The molecular formula is C20H25N3O4S. The van der Waals surface area contributed by atoms with Crippen LogP contribution in [0.1, 0.15) is 27.2 Å². The topological polar surface area (TPSA) is 99.5 Å². The zero-order valence-electron chi connectivity index (χ0n) is 16.5. The van der Waals surface area contributed by atoms with Gasteiger partial charge in [0.25, 0.3) is 5.91 Å². The lowest BCUT2D eigenvalue weighted by Gasteiger charge is -2.27. The molecule has 0 saturated carbocycles. The normalized spacial score (nSPS) is 18.5. The number of nitrogens with zero attached hydrogens (tertiary/aromatic N) is 2. The third-order valence-corrected chi connectivity index (χ3v) is 5.68. The SMILES string of the molecule is CSc1cccc(N2C[C@@H](C(=O)OCC(=O)N[C@@](C)(C#N)C(C)C)CC2=O)c1.